The SMILES string of the molecule is Cc1cc(-c2cc(C)c(CC(=O)O)c(C)c2)on1. The monoisotopic (exact) mass is 245 g/mol. The summed E-state index contributed by atoms with van der Waals surface area (Å²) in [6.45, 7) is 5.70. The number of aryl methyl sites for hydroxylation is 3. The highest BCUT2D eigenvalue weighted by Crippen LogP contribution is 2.26. The van der Waals surface area contributed by atoms with Crippen molar-refractivity contribution in [2.75, 3.05) is 0 Å². The first kappa shape index (κ1) is 12.4. The van der Waals surface area contributed by atoms with Crippen LogP contribution < -0.4 is 0 Å². The molecule has 0 radical (unpaired) electrons. The van der Waals surface area contributed by atoms with Crippen molar-refractivity contribution in [1.82, 2.24) is 5.16 Å². The summed E-state index contributed by atoms with van der Waals surface area (Å²) in [6.07, 6.45) is 0.0490. The van der Waals surface area contributed by atoms with Crippen LogP contribution in [0.2, 0.25) is 0 Å². The van der Waals surface area contributed by atoms with Crippen LogP contribution in [0.25, 0.3) is 11.3 Å². The molecule has 0 amide bonds. The first-order valence-corrected chi connectivity index (χ1v) is 5.73. The van der Waals surface area contributed by atoms with Crippen molar-refractivity contribution in [3.8, 4) is 11.3 Å². The van der Waals surface area contributed by atoms with Crippen LogP contribution in [-0.2, 0) is 11.2 Å². The van der Waals surface area contributed by atoms with Crippen molar-refractivity contribution in [3.63, 3.8) is 0 Å². The molecule has 0 aliphatic rings. The maximum absolute atomic E-state index is 10.8. The molecule has 1 aromatic heterocycles. The zero-order valence-electron chi connectivity index (χ0n) is 10.7. The van der Waals surface area contributed by atoms with Gasteiger partial charge in [0.2, 0.25) is 0 Å². The fraction of sp³-hybridized carbons (Fsp3) is 0.286. The van der Waals surface area contributed by atoms with E-state index in [1.165, 1.54) is 0 Å². The molecule has 0 aliphatic heterocycles. The highest BCUT2D eigenvalue weighted by molar-refractivity contribution is 5.72. The van der Waals surface area contributed by atoms with E-state index in [1.807, 2.05) is 39.0 Å². The Morgan fingerprint density at radius 3 is 2.28 bits per heavy atom. The number of hydrogen-bond acceptors (Lipinski definition) is 3. The minimum Gasteiger partial charge on any atom is -0.481 e. The molecule has 2 rings (SSSR count). The summed E-state index contributed by atoms with van der Waals surface area (Å²) in [5, 5.41) is 12.7. The quantitative estimate of drug-likeness (QED) is 0.903. The summed E-state index contributed by atoms with van der Waals surface area (Å²) >= 11 is 0. The van der Waals surface area contributed by atoms with E-state index in [2.05, 4.69) is 5.16 Å². The fourth-order valence-electron chi connectivity index (χ4n) is 2.07. The van der Waals surface area contributed by atoms with Crippen LogP contribution in [-0.4, -0.2) is 16.2 Å². The molecule has 18 heavy (non-hydrogen) atoms. The van der Waals surface area contributed by atoms with Crippen molar-refractivity contribution in [2.45, 2.75) is 27.2 Å². The van der Waals surface area contributed by atoms with Crippen LogP contribution >= 0.6 is 0 Å². The van der Waals surface area contributed by atoms with Gasteiger partial charge in [-0.3, -0.25) is 4.79 Å². The minimum absolute atomic E-state index is 0.0490. The lowest BCUT2D eigenvalue weighted by molar-refractivity contribution is -0.136. The van der Waals surface area contributed by atoms with Gasteiger partial charge in [0.1, 0.15) is 0 Å². The van der Waals surface area contributed by atoms with E-state index in [9.17, 15) is 4.79 Å². The van der Waals surface area contributed by atoms with Gasteiger partial charge in [-0.2, -0.15) is 0 Å². The molecule has 94 valence electrons. The third-order valence-electron chi connectivity index (χ3n) is 2.94. The van der Waals surface area contributed by atoms with Crippen molar-refractivity contribution < 1.29 is 14.4 Å². The van der Waals surface area contributed by atoms with Gasteiger partial charge < -0.3 is 9.63 Å². The van der Waals surface area contributed by atoms with Gasteiger partial charge in [0.15, 0.2) is 5.76 Å². The Labute approximate surface area is 105 Å². The molecule has 0 bridgehead atoms. The van der Waals surface area contributed by atoms with Gasteiger partial charge in [-0.1, -0.05) is 5.16 Å². The Bertz CT molecular complexity index is 576. The molecule has 0 aliphatic carbocycles. The Morgan fingerprint density at radius 1 is 1.22 bits per heavy atom. The number of benzene rings is 1. The second kappa shape index (κ2) is 4.64. The number of aromatic nitrogens is 1. The van der Waals surface area contributed by atoms with Crippen LogP contribution in [0.15, 0.2) is 22.7 Å². The summed E-state index contributed by atoms with van der Waals surface area (Å²) in [4.78, 5) is 10.8. The number of carboxylic acids is 1. The number of carbonyl (C=O) groups is 1. The van der Waals surface area contributed by atoms with Crippen molar-refractivity contribution in [1.29, 1.82) is 0 Å². The summed E-state index contributed by atoms with van der Waals surface area (Å²) in [7, 11) is 0. The number of carboxylic acid groups (broad SMARTS) is 1. The third kappa shape index (κ3) is 2.42. The van der Waals surface area contributed by atoms with Gasteiger partial charge in [-0.05, 0) is 49.6 Å². The van der Waals surface area contributed by atoms with E-state index >= 15 is 0 Å². The highest BCUT2D eigenvalue weighted by Gasteiger charge is 2.12. The lowest BCUT2D eigenvalue weighted by Crippen LogP contribution is -2.04. The molecule has 0 atom stereocenters. The maximum atomic E-state index is 10.8. The predicted molar refractivity (Wildman–Crippen MR) is 67.5 cm³/mol. The molecule has 1 heterocycles. The smallest absolute Gasteiger partial charge is 0.307 e. The van der Waals surface area contributed by atoms with E-state index in [0.717, 1.165) is 27.9 Å². The maximum Gasteiger partial charge on any atom is 0.307 e. The van der Waals surface area contributed by atoms with E-state index < -0.39 is 5.97 Å². The molecule has 0 fully saturated rings. The predicted octanol–water partition coefficient (Wildman–Crippen LogP) is 2.89. The normalized spacial score (nSPS) is 10.6. The van der Waals surface area contributed by atoms with Crippen LogP contribution in [0.1, 0.15) is 22.4 Å². The Hall–Kier alpha value is -2.10. The molecular weight excluding hydrogens is 230 g/mol. The first-order valence-electron chi connectivity index (χ1n) is 5.73. The van der Waals surface area contributed by atoms with Gasteiger partial charge in [-0.25, -0.2) is 0 Å². The molecular formula is C14H15NO3. The van der Waals surface area contributed by atoms with Crippen LogP contribution in [0.4, 0.5) is 0 Å². The van der Waals surface area contributed by atoms with E-state index in [4.69, 9.17) is 9.63 Å². The number of aliphatic carboxylic acids is 1. The molecule has 0 spiro atoms. The Kier molecular flexibility index (Phi) is 3.19. The van der Waals surface area contributed by atoms with Crippen molar-refractivity contribution >= 4 is 5.97 Å². The third-order valence-corrected chi connectivity index (χ3v) is 2.94. The van der Waals surface area contributed by atoms with Gasteiger partial charge >= 0.3 is 5.97 Å². The molecule has 0 saturated carbocycles. The average molecular weight is 245 g/mol. The second-order valence-electron chi connectivity index (χ2n) is 4.49. The van der Waals surface area contributed by atoms with Gasteiger partial charge in [-0.15, -0.1) is 0 Å². The van der Waals surface area contributed by atoms with Crippen molar-refractivity contribution in [3.05, 3.63) is 40.6 Å². The second-order valence-corrected chi connectivity index (χ2v) is 4.49. The molecule has 4 heteroatoms. The summed E-state index contributed by atoms with van der Waals surface area (Å²) in [6, 6.07) is 5.74. The standard InChI is InChI=1S/C14H15NO3/c1-8-4-11(13-6-10(3)15-18-13)5-9(2)12(8)7-14(16)17/h4-6H,7H2,1-3H3,(H,16,17). The number of hydrogen-bond donors (Lipinski definition) is 1. The van der Waals surface area contributed by atoms with Gasteiger partial charge in [0, 0.05) is 11.6 Å². The lowest BCUT2D eigenvalue weighted by atomic mass is 9.96. The largest absolute Gasteiger partial charge is 0.481 e. The van der Waals surface area contributed by atoms with E-state index in [-0.39, 0.29) is 6.42 Å². The van der Waals surface area contributed by atoms with Crippen LogP contribution in [0.5, 0.6) is 0 Å². The van der Waals surface area contributed by atoms with E-state index in [1.54, 1.807) is 0 Å². The van der Waals surface area contributed by atoms with Gasteiger partial charge in [0.25, 0.3) is 0 Å². The van der Waals surface area contributed by atoms with Crippen molar-refractivity contribution in [2.24, 2.45) is 0 Å². The Balaban J connectivity index is 2.45. The van der Waals surface area contributed by atoms with E-state index in [0.29, 0.717) is 5.76 Å². The first-order chi connectivity index (χ1) is 8.47. The molecule has 0 unspecified atom stereocenters. The Morgan fingerprint density at radius 2 is 1.83 bits per heavy atom. The fourth-order valence-corrected chi connectivity index (χ4v) is 2.07. The molecule has 1 aromatic carbocycles. The summed E-state index contributed by atoms with van der Waals surface area (Å²) in [5.74, 6) is -0.106. The highest BCUT2D eigenvalue weighted by atomic mass is 16.5. The number of rotatable bonds is 3. The molecule has 1 N–H and O–H groups in total. The van der Waals surface area contributed by atoms with Gasteiger partial charge in [0.05, 0.1) is 12.1 Å². The average Bonchev–Trinajstić information content (AvgIpc) is 2.70. The zero-order chi connectivity index (χ0) is 13.3. The molecule has 2 aromatic rings. The minimum atomic E-state index is -0.815. The number of nitrogens with zero attached hydrogens (tertiary/aromatic N) is 1. The summed E-state index contributed by atoms with van der Waals surface area (Å²) in [5.41, 5.74) is 4.54. The summed E-state index contributed by atoms with van der Waals surface area (Å²) < 4.78 is 5.21. The van der Waals surface area contributed by atoms with Crippen LogP contribution in [0, 0.1) is 20.8 Å². The topological polar surface area (TPSA) is 63.3 Å². The molecule has 0 saturated heterocycles. The van der Waals surface area contributed by atoms with Crippen LogP contribution in [0.3, 0.4) is 0 Å². The zero-order valence-corrected chi connectivity index (χ0v) is 10.7. The lowest BCUT2D eigenvalue weighted by Gasteiger charge is -2.09. The molecule has 4 nitrogen and oxygen atoms in total.